The highest BCUT2D eigenvalue weighted by Crippen LogP contribution is 2.51. The van der Waals surface area contributed by atoms with E-state index in [9.17, 15) is 5.11 Å². The molecule has 0 radical (unpaired) electrons. The van der Waals surface area contributed by atoms with E-state index in [0.29, 0.717) is 11.8 Å². The van der Waals surface area contributed by atoms with Crippen molar-refractivity contribution in [1.29, 1.82) is 0 Å². The van der Waals surface area contributed by atoms with Crippen molar-refractivity contribution in [2.24, 2.45) is 5.41 Å². The van der Waals surface area contributed by atoms with Crippen LogP contribution < -0.4 is 0 Å². The van der Waals surface area contributed by atoms with Gasteiger partial charge in [0, 0.05) is 15.9 Å². The second-order valence-corrected chi connectivity index (χ2v) is 8.17. The summed E-state index contributed by atoms with van der Waals surface area (Å²) in [4.78, 5) is 0. The van der Waals surface area contributed by atoms with Crippen LogP contribution in [0.2, 0.25) is 5.02 Å². The van der Waals surface area contributed by atoms with Gasteiger partial charge in [-0.15, -0.1) is 0 Å². The molecule has 2 saturated carbocycles. The van der Waals surface area contributed by atoms with Gasteiger partial charge < -0.3 is 5.11 Å². The smallest absolute Gasteiger partial charge is 0.0688 e. The van der Waals surface area contributed by atoms with Crippen molar-refractivity contribution >= 4 is 27.5 Å². The molecule has 2 fully saturated rings. The van der Waals surface area contributed by atoms with Crippen LogP contribution in [0.3, 0.4) is 0 Å². The third-order valence-electron chi connectivity index (χ3n) is 5.44. The highest BCUT2D eigenvalue weighted by molar-refractivity contribution is 9.10. The fourth-order valence-corrected chi connectivity index (χ4v) is 4.81. The molecule has 0 bridgehead atoms. The molecule has 0 amide bonds. The van der Waals surface area contributed by atoms with Crippen molar-refractivity contribution in [2.45, 2.75) is 63.4 Å². The third-order valence-corrected chi connectivity index (χ3v) is 6.29. The van der Waals surface area contributed by atoms with E-state index < -0.39 is 5.60 Å². The molecule has 2 aliphatic rings. The van der Waals surface area contributed by atoms with Gasteiger partial charge in [0.1, 0.15) is 0 Å². The zero-order chi connectivity index (χ0) is 14.2. The first kappa shape index (κ1) is 14.9. The van der Waals surface area contributed by atoms with Crippen LogP contribution >= 0.6 is 27.5 Å². The Balaban J connectivity index is 1.68. The zero-order valence-electron chi connectivity index (χ0n) is 11.8. The number of rotatable bonds is 2. The van der Waals surface area contributed by atoms with E-state index in [0.717, 1.165) is 27.9 Å². The van der Waals surface area contributed by atoms with Crippen LogP contribution in [0.5, 0.6) is 0 Å². The van der Waals surface area contributed by atoms with Crippen molar-refractivity contribution in [3.8, 4) is 0 Å². The Morgan fingerprint density at radius 3 is 2.30 bits per heavy atom. The number of hydrogen-bond donors (Lipinski definition) is 1. The maximum absolute atomic E-state index is 10.9. The predicted octanol–water partition coefficient (Wildman–Crippen LogP) is 5.51. The van der Waals surface area contributed by atoms with Gasteiger partial charge in [0.25, 0.3) is 0 Å². The minimum atomic E-state index is -0.550. The van der Waals surface area contributed by atoms with Gasteiger partial charge in [0.05, 0.1) is 5.60 Å². The molecule has 0 saturated heterocycles. The Morgan fingerprint density at radius 2 is 1.70 bits per heavy atom. The lowest BCUT2D eigenvalue weighted by atomic mass is 9.66. The fraction of sp³-hybridized carbons (Fsp3) is 0.647. The molecule has 0 aliphatic heterocycles. The van der Waals surface area contributed by atoms with Crippen LogP contribution in [-0.4, -0.2) is 10.7 Å². The van der Waals surface area contributed by atoms with Gasteiger partial charge in [-0.25, -0.2) is 0 Å². The second kappa shape index (κ2) is 5.62. The maximum atomic E-state index is 10.9. The lowest BCUT2D eigenvalue weighted by Crippen LogP contribution is -2.39. The molecule has 0 heterocycles. The molecule has 2 aliphatic carbocycles. The Bertz CT molecular complexity index is 484. The predicted molar refractivity (Wildman–Crippen MR) is 87.2 cm³/mol. The summed E-state index contributed by atoms with van der Waals surface area (Å²) < 4.78 is 0.992. The normalized spacial score (nSPS) is 24.1. The second-order valence-electron chi connectivity index (χ2n) is 6.84. The van der Waals surface area contributed by atoms with E-state index >= 15 is 0 Å². The van der Waals surface area contributed by atoms with Crippen LogP contribution in [0.15, 0.2) is 22.7 Å². The SMILES string of the molecule is OC1(Cc2ccc(Br)cc2Cl)CCC2(CCCC2)CC1. The van der Waals surface area contributed by atoms with E-state index in [1.54, 1.807) is 0 Å². The summed E-state index contributed by atoms with van der Waals surface area (Å²) >= 11 is 9.72. The summed E-state index contributed by atoms with van der Waals surface area (Å²) in [6, 6.07) is 5.96. The average molecular weight is 358 g/mol. The lowest BCUT2D eigenvalue weighted by Gasteiger charge is -2.42. The summed E-state index contributed by atoms with van der Waals surface area (Å²) in [5.74, 6) is 0. The van der Waals surface area contributed by atoms with Crippen LogP contribution in [0.1, 0.15) is 56.9 Å². The van der Waals surface area contributed by atoms with Crippen molar-refractivity contribution in [3.05, 3.63) is 33.3 Å². The zero-order valence-corrected chi connectivity index (χ0v) is 14.1. The topological polar surface area (TPSA) is 20.2 Å². The maximum Gasteiger partial charge on any atom is 0.0688 e. The highest BCUT2D eigenvalue weighted by atomic mass is 79.9. The van der Waals surface area contributed by atoms with Gasteiger partial charge >= 0.3 is 0 Å². The van der Waals surface area contributed by atoms with Crippen LogP contribution in [-0.2, 0) is 6.42 Å². The van der Waals surface area contributed by atoms with Crippen molar-refractivity contribution in [1.82, 2.24) is 0 Å². The summed E-state index contributed by atoms with van der Waals surface area (Å²) in [6.07, 6.45) is 10.5. The van der Waals surface area contributed by atoms with E-state index in [4.69, 9.17) is 11.6 Å². The molecule has 1 N–H and O–H groups in total. The van der Waals surface area contributed by atoms with Crippen molar-refractivity contribution in [3.63, 3.8) is 0 Å². The number of aliphatic hydroxyl groups is 1. The molecule has 3 rings (SSSR count). The van der Waals surface area contributed by atoms with Gasteiger partial charge in [0.15, 0.2) is 0 Å². The van der Waals surface area contributed by atoms with E-state index in [-0.39, 0.29) is 0 Å². The largest absolute Gasteiger partial charge is 0.390 e. The first-order valence-electron chi connectivity index (χ1n) is 7.67. The summed E-state index contributed by atoms with van der Waals surface area (Å²) in [5.41, 5.74) is 1.08. The number of hydrogen-bond acceptors (Lipinski definition) is 1. The first-order valence-corrected chi connectivity index (χ1v) is 8.84. The molecular weight excluding hydrogens is 336 g/mol. The monoisotopic (exact) mass is 356 g/mol. The lowest BCUT2D eigenvalue weighted by molar-refractivity contribution is -0.0322. The molecular formula is C17H22BrClO. The summed E-state index contributed by atoms with van der Waals surface area (Å²) in [6.45, 7) is 0. The van der Waals surface area contributed by atoms with Crippen molar-refractivity contribution < 1.29 is 5.11 Å². The van der Waals surface area contributed by atoms with Crippen LogP contribution in [0.4, 0.5) is 0 Å². The minimum absolute atomic E-state index is 0.550. The molecule has 1 aromatic rings. The van der Waals surface area contributed by atoms with Crippen molar-refractivity contribution in [2.75, 3.05) is 0 Å². The standard InChI is InChI=1S/C17H22BrClO/c18-14-4-3-13(15(19)11-14)12-17(20)9-7-16(8-10-17)5-1-2-6-16/h3-4,11,20H,1-2,5-10,12H2. The van der Waals surface area contributed by atoms with Gasteiger partial charge in [0.2, 0.25) is 0 Å². The molecule has 1 nitrogen and oxygen atoms in total. The van der Waals surface area contributed by atoms with Gasteiger partial charge in [-0.2, -0.15) is 0 Å². The van der Waals surface area contributed by atoms with E-state index in [2.05, 4.69) is 15.9 Å². The molecule has 0 atom stereocenters. The molecule has 3 heteroatoms. The Morgan fingerprint density at radius 1 is 1.05 bits per heavy atom. The summed E-state index contributed by atoms with van der Waals surface area (Å²) in [5, 5.41) is 11.7. The Labute approximate surface area is 134 Å². The first-order chi connectivity index (χ1) is 9.50. The third kappa shape index (κ3) is 3.08. The molecule has 1 aromatic carbocycles. The summed E-state index contributed by atoms with van der Waals surface area (Å²) in [7, 11) is 0. The molecule has 0 unspecified atom stereocenters. The Kier molecular flexibility index (Phi) is 4.18. The van der Waals surface area contributed by atoms with Crippen LogP contribution in [0.25, 0.3) is 0 Å². The highest BCUT2D eigenvalue weighted by Gasteiger charge is 2.43. The average Bonchev–Trinajstić information content (AvgIpc) is 2.87. The molecule has 0 aromatic heterocycles. The van der Waals surface area contributed by atoms with Gasteiger partial charge in [-0.3, -0.25) is 0 Å². The quantitative estimate of drug-likeness (QED) is 0.740. The van der Waals surface area contributed by atoms with E-state index in [1.165, 1.54) is 38.5 Å². The molecule has 110 valence electrons. The van der Waals surface area contributed by atoms with Crippen LogP contribution in [0, 0.1) is 5.41 Å². The van der Waals surface area contributed by atoms with E-state index in [1.807, 2.05) is 18.2 Å². The molecule has 20 heavy (non-hydrogen) atoms. The Hall–Kier alpha value is -0.0500. The van der Waals surface area contributed by atoms with Gasteiger partial charge in [-0.05, 0) is 61.6 Å². The molecule has 1 spiro atoms. The number of benzene rings is 1. The number of halogens is 2. The van der Waals surface area contributed by atoms with Gasteiger partial charge in [-0.1, -0.05) is 46.4 Å². The fourth-order valence-electron chi connectivity index (χ4n) is 4.07. The minimum Gasteiger partial charge on any atom is -0.390 e.